The van der Waals surface area contributed by atoms with E-state index in [1.54, 1.807) is 24.4 Å². The fourth-order valence-corrected chi connectivity index (χ4v) is 1.32. The Bertz CT molecular complexity index is 267. The number of carbonyl (C=O) groups excluding carboxylic acids is 1. The van der Waals surface area contributed by atoms with Gasteiger partial charge in [-0.05, 0) is 12.1 Å². The number of hydrogen-bond donors (Lipinski definition) is 1. The summed E-state index contributed by atoms with van der Waals surface area (Å²) in [6, 6.07) is 4.93. The summed E-state index contributed by atoms with van der Waals surface area (Å²) in [5, 5.41) is 0. The summed E-state index contributed by atoms with van der Waals surface area (Å²) < 4.78 is 3.49. The Hall–Kier alpha value is -0.620. The van der Waals surface area contributed by atoms with Gasteiger partial charge in [-0.15, -0.1) is 0 Å². The van der Waals surface area contributed by atoms with E-state index in [0.29, 0.717) is 5.82 Å². The average Bonchev–Trinajstić information content (AvgIpc) is 2.17. The van der Waals surface area contributed by atoms with Gasteiger partial charge in [-0.2, -0.15) is 0 Å². The maximum Gasteiger partial charge on any atom is 0.343 e. The van der Waals surface area contributed by atoms with E-state index in [1.165, 1.54) is 3.93 Å². The summed E-state index contributed by atoms with van der Waals surface area (Å²) in [6.07, 6.45) is 1.60. The third kappa shape index (κ3) is 2.18. The van der Waals surface area contributed by atoms with Crippen LogP contribution in [0, 0.1) is 0 Å². The number of nitrogens with one attached hydrogen (secondary N) is 1. The maximum absolute atomic E-state index is 11.0. The van der Waals surface area contributed by atoms with E-state index >= 15 is 0 Å². The highest BCUT2D eigenvalue weighted by Crippen LogP contribution is 2.13. The van der Waals surface area contributed by atoms with Crippen molar-refractivity contribution < 1.29 is 4.79 Å². The molecular formula is C6H5Br2N3O. The minimum atomic E-state index is -0.339. The van der Waals surface area contributed by atoms with Crippen LogP contribution in [0.4, 0.5) is 10.6 Å². The summed E-state index contributed by atoms with van der Waals surface area (Å²) >= 11 is 5.85. The van der Waals surface area contributed by atoms with Crippen molar-refractivity contribution in [3.63, 3.8) is 0 Å². The fraction of sp³-hybridized carbons (Fsp3) is 0. The van der Waals surface area contributed by atoms with Gasteiger partial charge >= 0.3 is 6.03 Å². The predicted octanol–water partition coefficient (Wildman–Crippen LogP) is 2.22. The molecule has 0 saturated heterocycles. The molecule has 2 amide bonds. The minimum Gasteiger partial charge on any atom is -0.273 e. The topological polar surface area (TPSA) is 45.2 Å². The number of rotatable bonds is 1. The van der Waals surface area contributed by atoms with Gasteiger partial charge in [0, 0.05) is 6.20 Å². The molecule has 64 valence electrons. The second-order valence-electron chi connectivity index (χ2n) is 1.87. The Morgan fingerprint density at radius 3 is 2.83 bits per heavy atom. The first-order valence-corrected chi connectivity index (χ1v) is 4.53. The molecule has 0 fully saturated rings. The average molecular weight is 295 g/mol. The quantitative estimate of drug-likeness (QED) is 0.807. The van der Waals surface area contributed by atoms with Crippen molar-refractivity contribution in [3.05, 3.63) is 24.4 Å². The summed E-state index contributed by atoms with van der Waals surface area (Å²) in [6.45, 7) is 0. The van der Waals surface area contributed by atoms with Gasteiger partial charge in [0.15, 0.2) is 0 Å². The Kier molecular flexibility index (Phi) is 3.48. The van der Waals surface area contributed by atoms with Crippen LogP contribution in [0.25, 0.3) is 0 Å². The number of aromatic nitrogens is 1. The van der Waals surface area contributed by atoms with Crippen LogP contribution in [0.15, 0.2) is 24.4 Å². The largest absolute Gasteiger partial charge is 0.343 e. The first kappa shape index (κ1) is 9.47. The highest BCUT2D eigenvalue weighted by atomic mass is 79.9. The summed E-state index contributed by atoms with van der Waals surface area (Å²) in [5.74, 6) is 0.523. The van der Waals surface area contributed by atoms with Crippen LogP contribution in [0.1, 0.15) is 0 Å². The van der Waals surface area contributed by atoms with E-state index in [-0.39, 0.29) is 6.03 Å². The molecule has 0 aromatic carbocycles. The zero-order valence-corrected chi connectivity index (χ0v) is 9.04. The molecule has 4 nitrogen and oxygen atoms in total. The van der Waals surface area contributed by atoms with Crippen molar-refractivity contribution in [3.8, 4) is 0 Å². The molecule has 0 aliphatic rings. The van der Waals surface area contributed by atoms with Gasteiger partial charge in [-0.3, -0.25) is 4.34 Å². The van der Waals surface area contributed by atoms with Crippen molar-refractivity contribution in [2.45, 2.75) is 0 Å². The van der Waals surface area contributed by atoms with Crippen molar-refractivity contribution in [2.75, 3.05) is 3.93 Å². The zero-order chi connectivity index (χ0) is 8.97. The van der Waals surface area contributed by atoms with E-state index in [1.807, 2.05) is 0 Å². The number of amides is 2. The molecule has 12 heavy (non-hydrogen) atoms. The van der Waals surface area contributed by atoms with Gasteiger partial charge in [-0.1, -0.05) is 6.07 Å². The molecular weight excluding hydrogens is 290 g/mol. The van der Waals surface area contributed by atoms with Crippen LogP contribution in [0.5, 0.6) is 0 Å². The molecule has 1 N–H and O–H groups in total. The van der Waals surface area contributed by atoms with Crippen LogP contribution >= 0.6 is 32.3 Å². The Morgan fingerprint density at radius 2 is 2.33 bits per heavy atom. The lowest BCUT2D eigenvalue weighted by Gasteiger charge is -2.10. The van der Waals surface area contributed by atoms with Crippen molar-refractivity contribution >= 4 is 44.1 Å². The molecule has 0 spiro atoms. The third-order valence-electron chi connectivity index (χ3n) is 1.11. The van der Waals surface area contributed by atoms with E-state index in [0.717, 1.165) is 0 Å². The predicted molar refractivity (Wildman–Crippen MR) is 53.1 cm³/mol. The van der Waals surface area contributed by atoms with Gasteiger partial charge < -0.3 is 0 Å². The van der Waals surface area contributed by atoms with E-state index in [2.05, 4.69) is 41.6 Å². The number of halogens is 2. The standard InChI is InChI=1S/C6H5Br2N3O/c7-10-6(12)11(8)5-3-1-2-4-9-5/h1-4H,(H,10,12). The van der Waals surface area contributed by atoms with Gasteiger partial charge in [0.25, 0.3) is 0 Å². The molecule has 1 rings (SSSR count). The summed E-state index contributed by atoms with van der Waals surface area (Å²) in [7, 11) is 0. The summed E-state index contributed by atoms with van der Waals surface area (Å²) in [4.78, 5) is 14.9. The molecule has 0 atom stereocenters. The molecule has 0 aliphatic carbocycles. The second kappa shape index (κ2) is 4.42. The number of nitrogens with zero attached hydrogens (tertiary/aromatic N) is 2. The second-order valence-corrected chi connectivity index (χ2v) is 2.97. The van der Waals surface area contributed by atoms with Crippen molar-refractivity contribution in [1.82, 2.24) is 9.33 Å². The number of urea groups is 1. The Balaban J connectivity index is 2.78. The van der Waals surface area contributed by atoms with Gasteiger partial charge in [-0.25, -0.2) is 13.7 Å². The van der Waals surface area contributed by atoms with Crippen LogP contribution in [0.3, 0.4) is 0 Å². The summed E-state index contributed by atoms with van der Waals surface area (Å²) in [5.41, 5.74) is 0. The highest BCUT2D eigenvalue weighted by molar-refractivity contribution is 9.10. The highest BCUT2D eigenvalue weighted by Gasteiger charge is 2.11. The number of carbonyl (C=O) groups is 1. The third-order valence-corrected chi connectivity index (χ3v) is 2.13. The van der Waals surface area contributed by atoms with E-state index in [9.17, 15) is 4.79 Å². The van der Waals surface area contributed by atoms with Crippen LogP contribution in [-0.4, -0.2) is 11.0 Å². The monoisotopic (exact) mass is 293 g/mol. The van der Waals surface area contributed by atoms with Crippen LogP contribution < -0.4 is 8.27 Å². The normalized spacial score (nSPS) is 9.17. The molecule has 1 aromatic rings. The molecule has 6 heteroatoms. The SMILES string of the molecule is O=C(NBr)N(Br)c1ccccn1. The first-order chi connectivity index (χ1) is 5.75. The number of anilines is 1. The van der Waals surface area contributed by atoms with E-state index < -0.39 is 0 Å². The fourth-order valence-electron chi connectivity index (χ4n) is 0.611. The van der Waals surface area contributed by atoms with Gasteiger partial charge in [0.1, 0.15) is 5.82 Å². The molecule has 1 aromatic heterocycles. The van der Waals surface area contributed by atoms with Crippen molar-refractivity contribution in [2.24, 2.45) is 0 Å². The molecule has 0 bridgehead atoms. The van der Waals surface area contributed by atoms with Crippen LogP contribution in [-0.2, 0) is 0 Å². The van der Waals surface area contributed by atoms with Gasteiger partial charge in [0.05, 0.1) is 32.3 Å². The lowest BCUT2D eigenvalue weighted by atomic mass is 10.5. The molecule has 0 unspecified atom stereocenters. The maximum atomic E-state index is 11.0. The smallest absolute Gasteiger partial charge is 0.273 e. The molecule has 1 heterocycles. The van der Waals surface area contributed by atoms with E-state index in [4.69, 9.17) is 0 Å². The van der Waals surface area contributed by atoms with Crippen LogP contribution in [0.2, 0.25) is 0 Å². The first-order valence-electron chi connectivity index (χ1n) is 3.03. The Labute approximate surface area is 86.6 Å². The van der Waals surface area contributed by atoms with Crippen molar-refractivity contribution in [1.29, 1.82) is 0 Å². The zero-order valence-electron chi connectivity index (χ0n) is 5.87. The number of pyridine rings is 1. The molecule has 0 aliphatic heterocycles. The minimum absolute atomic E-state index is 0.339. The molecule has 0 radical (unpaired) electrons. The number of hydrogen-bond acceptors (Lipinski definition) is 2. The lowest BCUT2D eigenvalue weighted by Crippen LogP contribution is -2.27. The Morgan fingerprint density at radius 1 is 1.58 bits per heavy atom. The molecule has 0 saturated carbocycles. The van der Waals surface area contributed by atoms with Gasteiger partial charge in [0.2, 0.25) is 0 Å². The lowest BCUT2D eigenvalue weighted by molar-refractivity contribution is 0.255.